The van der Waals surface area contributed by atoms with Crippen molar-refractivity contribution < 1.29 is 19.0 Å². The zero-order valence-electron chi connectivity index (χ0n) is 15.5. The standard InChI is InChI=1S/C21H21N3O4/c1-26-17-9-5-6-15(12-17)18-13-20(22-21(25)19-14-27-10-11-28-19)24(23-18)16-7-3-2-4-8-16/h2-9,12-13,19H,10-11,14H2,1H3,(H,22,25)/t19-/m1/s1. The first-order valence-electron chi connectivity index (χ1n) is 9.05. The van der Waals surface area contributed by atoms with Gasteiger partial charge in [0.25, 0.3) is 5.91 Å². The molecule has 0 aliphatic carbocycles. The zero-order chi connectivity index (χ0) is 19.3. The van der Waals surface area contributed by atoms with Gasteiger partial charge in [-0.1, -0.05) is 30.3 Å². The van der Waals surface area contributed by atoms with Crippen molar-refractivity contribution in [1.29, 1.82) is 0 Å². The van der Waals surface area contributed by atoms with Crippen molar-refractivity contribution in [3.05, 3.63) is 60.7 Å². The molecule has 1 atom stereocenters. The van der Waals surface area contributed by atoms with E-state index in [1.54, 1.807) is 11.8 Å². The normalized spacial score (nSPS) is 16.5. The van der Waals surface area contributed by atoms with E-state index in [2.05, 4.69) is 5.32 Å². The number of carbonyl (C=O) groups excluding carboxylic acids is 1. The first kappa shape index (κ1) is 18.2. The Balaban J connectivity index is 1.69. The van der Waals surface area contributed by atoms with Crippen LogP contribution in [-0.4, -0.2) is 48.7 Å². The number of hydrogen-bond donors (Lipinski definition) is 1. The van der Waals surface area contributed by atoms with Crippen molar-refractivity contribution in [2.75, 3.05) is 32.2 Å². The summed E-state index contributed by atoms with van der Waals surface area (Å²) < 4.78 is 17.8. The topological polar surface area (TPSA) is 74.6 Å². The van der Waals surface area contributed by atoms with Crippen LogP contribution in [0, 0.1) is 0 Å². The molecule has 4 rings (SSSR count). The summed E-state index contributed by atoms with van der Waals surface area (Å²) in [5.74, 6) is 1.04. The van der Waals surface area contributed by atoms with Gasteiger partial charge < -0.3 is 19.5 Å². The van der Waals surface area contributed by atoms with E-state index in [1.807, 2.05) is 60.7 Å². The number of amides is 1. The van der Waals surface area contributed by atoms with Crippen molar-refractivity contribution >= 4 is 11.7 Å². The molecule has 0 unspecified atom stereocenters. The van der Waals surface area contributed by atoms with Crippen LogP contribution in [0.3, 0.4) is 0 Å². The second-order valence-corrected chi connectivity index (χ2v) is 6.32. The molecular formula is C21H21N3O4. The third kappa shape index (κ3) is 3.90. The molecule has 0 bridgehead atoms. The lowest BCUT2D eigenvalue weighted by atomic mass is 10.1. The average Bonchev–Trinajstić information content (AvgIpc) is 3.19. The highest BCUT2D eigenvalue weighted by atomic mass is 16.6. The molecule has 144 valence electrons. The monoisotopic (exact) mass is 379 g/mol. The fraction of sp³-hybridized carbons (Fsp3) is 0.238. The van der Waals surface area contributed by atoms with Crippen molar-refractivity contribution in [3.8, 4) is 22.7 Å². The predicted octanol–water partition coefficient (Wildman–Crippen LogP) is 2.90. The van der Waals surface area contributed by atoms with Crippen molar-refractivity contribution in [3.63, 3.8) is 0 Å². The van der Waals surface area contributed by atoms with E-state index in [1.165, 1.54) is 0 Å². The van der Waals surface area contributed by atoms with Crippen molar-refractivity contribution in [1.82, 2.24) is 9.78 Å². The molecule has 1 aromatic heterocycles. The molecule has 28 heavy (non-hydrogen) atoms. The highest BCUT2D eigenvalue weighted by Gasteiger charge is 2.24. The molecule has 1 aliphatic heterocycles. The van der Waals surface area contributed by atoms with Gasteiger partial charge in [-0.15, -0.1) is 0 Å². The second-order valence-electron chi connectivity index (χ2n) is 6.32. The minimum absolute atomic E-state index is 0.244. The summed E-state index contributed by atoms with van der Waals surface area (Å²) in [4.78, 5) is 12.6. The van der Waals surface area contributed by atoms with Gasteiger partial charge in [-0.2, -0.15) is 5.10 Å². The Morgan fingerprint density at radius 1 is 1.14 bits per heavy atom. The van der Waals surface area contributed by atoms with E-state index >= 15 is 0 Å². The molecule has 1 fully saturated rings. The summed E-state index contributed by atoms with van der Waals surface area (Å²) in [6.07, 6.45) is -0.631. The van der Waals surface area contributed by atoms with Crippen LogP contribution in [0.25, 0.3) is 16.9 Å². The molecule has 1 amide bonds. The molecule has 0 spiro atoms. The second kappa shape index (κ2) is 8.24. The van der Waals surface area contributed by atoms with Gasteiger partial charge in [0.05, 0.1) is 38.3 Å². The van der Waals surface area contributed by atoms with Crippen molar-refractivity contribution in [2.45, 2.75) is 6.10 Å². The maximum Gasteiger partial charge on any atom is 0.257 e. The van der Waals surface area contributed by atoms with Gasteiger partial charge in [-0.25, -0.2) is 4.68 Å². The smallest absolute Gasteiger partial charge is 0.257 e. The minimum atomic E-state index is -0.631. The van der Waals surface area contributed by atoms with Crippen molar-refractivity contribution in [2.24, 2.45) is 0 Å². The third-order valence-electron chi connectivity index (χ3n) is 4.44. The van der Waals surface area contributed by atoms with E-state index < -0.39 is 6.10 Å². The van der Waals surface area contributed by atoms with Crippen LogP contribution in [0.4, 0.5) is 5.82 Å². The fourth-order valence-corrected chi connectivity index (χ4v) is 3.01. The maximum absolute atomic E-state index is 12.6. The summed E-state index contributed by atoms with van der Waals surface area (Å²) in [5, 5.41) is 7.62. The van der Waals surface area contributed by atoms with Gasteiger partial charge in [-0.05, 0) is 24.3 Å². The van der Waals surface area contributed by atoms with Crippen LogP contribution in [0.5, 0.6) is 5.75 Å². The first-order chi connectivity index (χ1) is 13.7. The summed E-state index contributed by atoms with van der Waals surface area (Å²) in [5.41, 5.74) is 2.45. The molecule has 1 aliphatic rings. The fourth-order valence-electron chi connectivity index (χ4n) is 3.01. The third-order valence-corrected chi connectivity index (χ3v) is 4.44. The number of nitrogens with zero attached hydrogens (tertiary/aromatic N) is 2. The Labute approximate surface area is 162 Å². The van der Waals surface area contributed by atoms with Gasteiger partial charge in [0.2, 0.25) is 0 Å². The van der Waals surface area contributed by atoms with Crippen LogP contribution in [0.2, 0.25) is 0 Å². The maximum atomic E-state index is 12.6. The quantitative estimate of drug-likeness (QED) is 0.738. The van der Waals surface area contributed by atoms with Gasteiger partial charge in [0.15, 0.2) is 6.10 Å². The van der Waals surface area contributed by atoms with E-state index in [4.69, 9.17) is 19.3 Å². The van der Waals surface area contributed by atoms with E-state index in [-0.39, 0.29) is 12.5 Å². The Morgan fingerprint density at radius 2 is 2.00 bits per heavy atom. The summed E-state index contributed by atoms with van der Waals surface area (Å²) in [6, 6.07) is 19.1. The molecular weight excluding hydrogens is 358 g/mol. The minimum Gasteiger partial charge on any atom is -0.497 e. The molecule has 1 N–H and O–H groups in total. The Kier molecular flexibility index (Phi) is 5.36. The predicted molar refractivity (Wildman–Crippen MR) is 105 cm³/mol. The van der Waals surface area contributed by atoms with Crippen LogP contribution in [0.15, 0.2) is 60.7 Å². The van der Waals surface area contributed by atoms with Crippen LogP contribution >= 0.6 is 0 Å². The van der Waals surface area contributed by atoms with Gasteiger partial charge in [-0.3, -0.25) is 4.79 Å². The molecule has 0 radical (unpaired) electrons. The van der Waals surface area contributed by atoms with Gasteiger partial charge in [0, 0.05) is 11.6 Å². The van der Waals surface area contributed by atoms with E-state index in [9.17, 15) is 4.79 Å². The number of carbonyl (C=O) groups is 1. The number of nitrogens with one attached hydrogen (secondary N) is 1. The Bertz CT molecular complexity index is 949. The molecule has 3 aromatic rings. The summed E-state index contributed by atoms with van der Waals surface area (Å²) >= 11 is 0. The van der Waals surface area contributed by atoms with E-state index in [0.717, 1.165) is 22.7 Å². The molecule has 2 aromatic carbocycles. The van der Waals surface area contributed by atoms with E-state index in [0.29, 0.717) is 19.0 Å². The number of ether oxygens (including phenoxy) is 3. The molecule has 7 nitrogen and oxygen atoms in total. The lowest BCUT2D eigenvalue weighted by Crippen LogP contribution is -2.39. The number of para-hydroxylation sites is 1. The van der Waals surface area contributed by atoms with Gasteiger partial charge in [0.1, 0.15) is 11.6 Å². The highest BCUT2D eigenvalue weighted by molar-refractivity contribution is 5.94. The number of benzene rings is 2. The zero-order valence-corrected chi connectivity index (χ0v) is 15.5. The summed E-state index contributed by atoms with van der Waals surface area (Å²) in [7, 11) is 1.62. The van der Waals surface area contributed by atoms with Crippen LogP contribution in [0.1, 0.15) is 0 Å². The van der Waals surface area contributed by atoms with Crippen LogP contribution in [-0.2, 0) is 14.3 Å². The van der Waals surface area contributed by atoms with Gasteiger partial charge >= 0.3 is 0 Å². The largest absolute Gasteiger partial charge is 0.497 e. The number of aromatic nitrogens is 2. The molecule has 2 heterocycles. The lowest BCUT2D eigenvalue weighted by molar-refractivity contribution is -0.142. The highest BCUT2D eigenvalue weighted by Crippen LogP contribution is 2.27. The Hall–Kier alpha value is -3.16. The SMILES string of the molecule is COc1cccc(-c2cc(NC(=O)[C@H]3COCCO3)n(-c3ccccc3)n2)c1. The number of rotatable bonds is 5. The molecule has 7 heteroatoms. The lowest BCUT2D eigenvalue weighted by Gasteiger charge is -2.22. The van der Waals surface area contributed by atoms with Crippen LogP contribution < -0.4 is 10.1 Å². The molecule has 0 saturated carbocycles. The Morgan fingerprint density at radius 3 is 2.75 bits per heavy atom. The first-order valence-corrected chi connectivity index (χ1v) is 9.05. The number of methoxy groups -OCH3 is 1. The average molecular weight is 379 g/mol. The molecule has 1 saturated heterocycles. The number of hydrogen-bond acceptors (Lipinski definition) is 5. The summed E-state index contributed by atoms with van der Waals surface area (Å²) in [6.45, 7) is 1.16. The number of anilines is 1.